The van der Waals surface area contributed by atoms with Crippen LogP contribution in [0.1, 0.15) is 70.4 Å². The van der Waals surface area contributed by atoms with E-state index in [1.807, 2.05) is 20.8 Å². The molecule has 0 aromatic heterocycles. The SMILES string of the molecule is C[C@@H]1CCCN1CCc1ccc([C@@H]2CC[C@@H]3CN(C(=O)C(C)(C)C)C[C@@H]32)cc1. The summed E-state index contributed by atoms with van der Waals surface area (Å²) in [7, 11) is 0. The van der Waals surface area contributed by atoms with E-state index in [1.54, 1.807) is 0 Å². The Morgan fingerprint density at radius 1 is 1.07 bits per heavy atom. The summed E-state index contributed by atoms with van der Waals surface area (Å²) >= 11 is 0. The summed E-state index contributed by atoms with van der Waals surface area (Å²) in [4.78, 5) is 17.5. The first-order valence-electron chi connectivity index (χ1n) is 11.4. The molecular formula is C25H38N2O. The van der Waals surface area contributed by atoms with Crippen molar-refractivity contribution in [3.8, 4) is 0 Å². The zero-order chi connectivity index (χ0) is 19.9. The summed E-state index contributed by atoms with van der Waals surface area (Å²) in [6.45, 7) is 12.9. The molecule has 28 heavy (non-hydrogen) atoms. The molecule has 0 bridgehead atoms. The van der Waals surface area contributed by atoms with Gasteiger partial charge < -0.3 is 9.80 Å². The molecule has 2 heterocycles. The van der Waals surface area contributed by atoms with Crippen LogP contribution in [0, 0.1) is 17.3 Å². The number of benzene rings is 1. The van der Waals surface area contributed by atoms with Gasteiger partial charge in [-0.2, -0.15) is 0 Å². The van der Waals surface area contributed by atoms with Gasteiger partial charge in [-0.1, -0.05) is 45.0 Å². The first-order chi connectivity index (χ1) is 13.3. The number of carbonyl (C=O) groups excluding carboxylic acids is 1. The van der Waals surface area contributed by atoms with Crippen molar-refractivity contribution in [1.29, 1.82) is 0 Å². The molecule has 3 fully saturated rings. The molecule has 0 unspecified atom stereocenters. The average molecular weight is 383 g/mol. The quantitative estimate of drug-likeness (QED) is 0.753. The highest BCUT2D eigenvalue weighted by atomic mass is 16.2. The average Bonchev–Trinajstić information content (AvgIpc) is 3.34. The van der Waals surface area contributed by atoms with Crippen molar-refractivity contribution in [1.82, 2.24) is 9.80 Å². The Morgan fingerprint density at radius 3 is 2.46 bits per heavy atom. The van der Waals surface area contributed by atoms with E-state index in [2.05, 4.69) is 41.0 Å². The molecule has 1 saturated carbocycles. The fourth-order valence-corrected chi connectivity index (χ4v) is 5.85. The number of carbonyl (C=O) groups is 1. The first-order valence-corrected chi connectivity index (χ1v) is 11.4. The van der Waals surface area contributed by atoms with Crippen LogP contribution >= 0.6 is 0 Å². The van der Waals surface area contributed by atoms with Gasteiger partial charge in [-0.15, -0.1) is 0 Å². The second-order valence-corrected chi connectivity index (χ2v) is 10.6. The molecule has 2 aliphatic heterocycles. The second-order valence-electron chi connectivity index (χ2n) is 10.6. The molecule has 0 spiro atoms. The van der Waals surface area contributed by atoms with Crippen molar-refractivity contribution in [3.63, 3.8) is 0 Å². The summed E-state index contributed by atoms with van der Waals surface area (Å²) in [6, 6.07) is 10.2. The molecule has 154 valence electrons. The minimum Gasteiger partial charge on any atom is -0.342 e. The van der Waals surface area contributed by atoms with Crippen LogP contribution in [-0.2, 0) is 11.2 Å². The third-order valence-electron chi connectivity index (χ3n) is 7.57. The van der Waals surface area contributed by atoms with Crippen LogP contribution in [0.4, 0.5) is 0 Å². The number of fused-ring (bicyclic) bond motifs is 1. The minimum atomic E-state index is -0.261. The zero-order valence-corrected chi connectivity index (χ0v) is 18.3. The highest BCUT2D eigenvalue weighted by Crippen LogP contribution is 2.48. The lowest BCUT2D eigenvalue weighted by Gasteiger charge is -2.27. The van der Waals surface area contributed by atoms with Crippen LogP contribution in [0.15, 0.2) is 24.3 Å². The summed E-state index contributed by atoms with van der Waals surface area (Å²) in [5.74, 6) is 2.32. The molecule has 0 radical (unpaired) electrons. The van der Waals surface area contributed by atoms with Crippen LogP contribution in [-0.4, -0.2) is 47.9 Å². The fourth-order valence-electron chi connectivity index (χ4n) is 5.85. The second kappa shape index (κ2) is 7.82. The number of hydrogen-bond donors (Lipinski definition) is 0. The van der Waals surface area contributed by atoms with Crippen LogP contribution < -0.4 is 0 Å². The largest absolute Gasteiger partial charge is 0.342 e. The third kappa shape index (κ3) is 4.01. The standard InChI is InChI=1S/C25H38N2O/c1-18-6-5-14-26(18)15-13-19-7-9-20(10-8-19)22-12-11-21-16-27(17-23(21)22)24(28)25(2,3)4/h7-10,18,21-23H,5-6,11-17H2,1-4H3/t18-,21-,22+,23+/m1/s1. The van der Waals surface area contributed by atoms with Gasteiger partial charge in [0.2, 0.25) is 5.91 Å². The van der Waals surface area contributed by atoms with Gasteiger partial charge >= 0.3 is 0 Å². The molecule has 0 N–H and O–H groups in total. The van der Waals surface area contributed by atoms with Gasteiger partial charge in [-0.3, -0.25) is 4.79 Å². The Kier molecular flexibility index (Phi) is 5.57. The molecular weight excluding hydrogens is 344 g/mol. The van der Waals surface area contributed by atoms with Crippen molar-refractivity contribution in [3.05, 3.63) is 35.4 Å². The molecule has 3 heteroatoms. The van der Waals surface area contributed by atoms with Gasteiger partial charge in [-0.25, -0.2) is 0 Å². The number of nitrogens with zero attached hydrogens (tertiary/aromatic N) is 2. The van der Waals surface area contributed by atoms with Crippen molar-refractivity contribution in [2.75, 3.05) is 26.2 Å². The lowest BCUT2D eigenvalue weighted by atomic mass is 9.86. The van der Waals surface area contributed by atoms with Gasteiger partial charge in [0.1, 0.15) is 0 Å². The van der Waals surface area contributed by atoms with E-state index in [0.717, 1.165) is 25.6 Å². The molecule has 1 amide bonds. The van der Waals surface area contributed by atoms with E-state index >= 15 is 0 Å². The number of rotatable bonds is 4. The van der Waals surface area contributed by atoms with Crippen LogP contribution in [0.5, 0.6) is 0 Å². The molecule has 2 saturated heterocycles. The number of likely N-dealkylation sites (tertiary alicyclic amines) is 2. The van der Waals surface area contributed by atoms with E-state index in [-0.39, 0.29) is 5.41 Å². The molecule has 3 aliphatic rings. The molecule has 1 aromatic carbocycles. The van der Waals surface area contributed by atoms with Crippen molar-refractivity contribution >= 4 is 5.91 Å². The van der Waals surface area contributed by atoms with Crippen molar-refractivity contribution < 1.29 is 4.79 Å². The maximum atomic E-state index is 12.7. The zero-order valence-electron chi connectivity index (χ0n) is 18.3. The van der Waals surface area contributed by atoms with Gasteiger partial charge in [0.15, 0.2) is 0 Å². The van der Waals surface area contributed by atoms with E-state index in [4.69, 9.17) is 0 Å². The van der Waals surface area contributed by atoms with E-state index in [9.17, 15) is 4.79 Å². The molecule has 3 nitrogen and oxygen atoms in total. The smallest absolute Gasteiger partial charge is 0.227 e. The monoisotopic (exact) mass is 382 g/mol. The Bertz CT molecular complexity index is 689. The van der Waals surface area contributed by atoms with E-state index < -0.39 is 0 Å². The molecule has 4 atom stereocenters. The van der Waals surface area contributed by atoms with Crippen LogP contribution in [0.3, 0.4) is 0 Å². The Labute approximate surface area is 171 Å². The van der Waals surface area contributed by atoms with E-state index in [1.165, 1.54) is 49.9 Å². The van der Waals surface area contributed by atoms with Crippen molar-refractivity contribution in [2.24, 2.45) is 17.3 Å². The van der Waals surface area contributed by atoms with Gasteiger partial charge in [0, 0.05) is 31.1 Å². The molecule has 1 aliphatic carbocycles. The third-order valence-corrected chi connectivity index (χ3v) is 7.57. The Hall–Kier alpha value is -1.35. The van der Waals surface area contributed by atoms with Gasteiger partial charge in [0.05, 0.1) is 0 Å². The predicted octanol–water partition coefficient (Wildman–Crippen LogP) is 4.71. The highest BCUT2D eigenvalue weighted by Gasteiger charge is 2.45. The van der Waals surface area contributed by atoms with E-state index in [0.29, 0.717) is 23.7 Å². The topological polar surface area (TPSA) is 23.6 Å². The Balaban J connectivity index is 1.36. The normalized spacial score (nSPS) is 30.8. The summed E-state index contributed by atoms with van der Waals surface area (Å²) in [5.41, 5.74) is 2.70. The minimum absolute atomic E-state index is 0.261. The number of hydrogen-bond acceptors (Lipinski definition) is 2. The van der Waals surface area contributed by atoms with Crippen LogP contribution in [0.2, 0.25) is 0 Å². The number of amides is 1. The van der Waals surface area contributed by atoms with Gasteiger partial charge in [0.25, 0.3) is 0 Å². The lowest BCUT2D eigenvalue weighted by molar-refractivity contribution is -0.138. The Morgan fingerprint density at radius 2 is 1.82 bits per heavy atom. The summed E-state index contributed by atoms with van der Waals surface area (Å²) in [5, 5.41) is 0. The van der Waals surface area contributed by atoms with Crippen molar-refractivity contribution in [2.45, 2.75) is 71.8 Å². The predicted molar refractivity (Wildman–Crippen MR) is 115 cm³/mol. The lowest BCUT2D eigenvalue weighted by Crippen LogP contribution is -2.38. The maximum absolute atomic E-state index is 12.7. The highest BCUT2D eigenvalue weighted by molar-refractivity contribution is 5.81. The van der Waals surface area contributed by atoms with Gasteiger partial charge in [-0.05, 0) is 74.5 Å². The molecule has 4 rings (SSSR count). The first kappa shape index (κ1) is 19.9. The fraction of sp³-hybridized carbons (Fsp3) is 0.720. The molecule has 1 aromatic rings. The maximum Gasteiger partial charge on any atom is 0.227 e. The summed E-state index contributed by atoms with van der Waals surface area (Å²) < 4.78 is 0. The summed E-state index contributed by atoms with van der Waals surface area (Å²) in [6.07, 6.45) is 6.45. The van der Waals surface area contributed by atoms with Crippen LogP contribution in [0.25, 0.3) is 0 Å².